The minimum Gasteiger partial charge on any atom is -0.481 e. The third kappa shape index (κ3) is 8.20. The predicted molar refractivity (Wildman–Crippen MR) is 155 cm³/mol. The van der Waals surface area contributed by atoms with Gasteiger partial charge in [0.25, 0.3) is 10.0 Å². The summed E-state index contributed by atoms with van der Waals surface area (Å²) in [6.45, 7) is 3.60. The Hall–Kier alpha value is -4.11. The first-order valence-corrected chi connectivity index (χ1v) is 14.4. The van der Waals surface area contributed by atoms with Gasteiger partial charge in [0.05, 0.1) is 22.9 Å². The van der Waals surface area contributed by atoms with Crippen molar-refractivity contribution in [2.24, 2.45) is 15.3 Å². The molecule has 0 saturated carbocycles. The molecular weight excluding hydrogens is 548 g/mol. The molecule has 3 aromatic rings. The second-order valence-electron chi connectivity index (χ2n) is 9.43. The Balaban J connectivity index is 1.34. The minimum atomic E-state index is -3.95. The molecule has 0 unspecified atom stereocenters. The molecule has 0 atom stereocenters. The average Bonchev–Trinajstić information content (AvgIpc) is 2.99. The maximum absolute atomic E-state index is 13.6. The van der Waals surface area contributed by atoms with Crippen molar-refractivity contribution in [3.05, 3.63) is 95.6 Å². The van der Waals surface area contributed by atoms with Gasteiger partial charge in [0.1, 0.15) is 24.0 Å². The highest BCUT2D eigenvalue weighted by Gasteiger charge is 2.26. The third-order valence-electron chi connectivity index (χ3n) is 6.78. The Bertz CT molecular complexity index is 1450. The number of nitrogens with zero attached hydrogens (tertiary/aromatic N) is 4. The van der Waals surface area contributed by atoms with Gasteiger partial charge in [-0.15, -0.1) is 6.42 Å². The van der Waals surface area contributed by atoms with E-state index in [0.717, 1.165) is 37.3 Å². The minimum absolute atomic E-state index is 0.00571. The number of ether oxygens (including phenoxy) is 1. The highest BCUT2D eigenvalue weighted by molar-refractivity contribution is 7.90. The molecule has 0 spiro atoms. The highest BCUT2D eigenvalue weighted by Crippen LogP contribution is 2.30. The summed E-state index contributed by atoms with van der Waals surface area (Å²) in [5.74, 6) is 7.70. The summed E-state index contributed by atoms with van der Waals surface area (Å²) in [5.41, 5.74) is 2.20. The maximum Gasteiger partial charge on any atom is 0.282 e. The highest BCUT2D eigenvalue weighted by atomic mass is 32.2. The molecular formula is C30H31F2N5O3S. The predicted octanol–water partition coefficient (Wildman–Crippen LogP) is 3.85. The number of benzene rings is 3. The lowest BCUT2D eigenvalue weighted by atomic mass is 9.96. The number of sulfonamides is 1. The molecule has 2 N–H and O–H groups in total. The number of terminal acetylenes is 1. The van der Waals surface area contributed by atoms with Crippen LogP contribution in [0.15, 0.2) is 87.2 Å². The molecule has 1 aliphatic rings. The summed E-state index contributed by atoms with van der Waals surface area (Å²) in [5, 5.41) is 3.72. The van der Waals surface area contributed by atoms with E-state index in [1.54, 1.807) is 24.3 Å². The van der Waals surface area contributed by atoms with Crippen molar-refractivity contribution in [1.82, 2.24) is 9.80 Å². The van der Waals surface area contributed by atoms with Crippen LogP contribution in [0.1, 0.15) is 23.6 Å². The number of piperazine rings is 1. The molecule has 0 amide bonds. The van der Waals surface area contributed by atoms with Gasteiger partial charge in [-0.2, -0.15) is 17.9 Å². The van der Waals surface area contributed by atoms with E-state index in [9.17, 15) is 17.2 Å². The second-order valence-corrected chi connectivity index (χ2v) is 11.1. The summed E-state index contributed by atoms with van der Waals surface area (Å²) < 4.78 is 61.5. The van der Waals surface area contributed by atoms with Crippen molar-refractivity contribution in [2.75, 3.05) is 39.3 Å². The van der Waals surface area contributed by atoms with Crippen molar-refractivity contribution < 1.29 is 21.9 Å². The number of hydrogen-bond acceptors (Lipinski definition) is 7. The van der Waals surface area contributed by atoms with Crippen LogP contribution in [0.4, 0.5) is 8.78 Å². The standard InChI is InChI=1S/C30H31F2N5O3S/c1-2-21-40-28-11-13-29(14-12-28)41(38,39)34-22-27(35-33)15-16-36-17-19-37(20-18-36)30(23-3-7-25(31)8-4-23)24-5-9-26(32)10-6-24/h1,3-14,22,30H,15-21,33H2/b34-22+,35-27-. The van der Waals surface area contributed by atoms with Gasteiger partial charge in [0, 0.05) is 39.1 Å². The SMILES string of the molecule is C#CCOc1ccc(S(=O)(=O)/N=C/C(CCN2CCN(C(c3ccc(F)cc3)c3ccc(F)cc3)CC2)=N\N)cc1. The molecule has 0 aromatic heterocycles. The van der Waals surface area contributed by atoms with Crippen LogP contribution in [0.5, 0.6) is 5.75 Å². The van der Waals surface area contributed by atoms with Crippen LogP contribution in [0.3, 0.4) is 0 Å². The first-order valence-electron chi connectivity index (χ1n) is 13.0. The van der Waals surface area contributed by atoms with Gasteiger partial charge < -0.3 is 15.5 Å². The zero-order chi connectivity index (χ0) is 29.2. The molecule has 214 valence electrons. The molecule has 1 aliphatic heterocycles. The lowest BCUT2D eigenvalue weighted by Crippen LogP contribution is -2.48. The second kappa shape index (κ2) is 14.0. The summed E-state index contributed by atoms with van der Waals surface area (Å²) in [6, 6.07) is 18.4. The molecule has 8 nitrogen and oxygen atoms in total. The number of hydrazone groups is 1. The topological polar surface area (TPSA) is 101 Å². The zero-order valence-corrected chi connectivity index (χ0v) is 23.2. The van der Waals surface area contributed by atoms with E-state index in [4.69, 9.17) is 17.0 Å². The lowest BCUT2D eigenvalue weighted by molar-refractivity contribution is 0.111. The van der Waals surface area contributed by atoms with E-state index < -0.39 is 10.0 Å². The first-order chi connectivity index (χ1) is 19.8. The number of hydrogen-bond donors (Lipinski definition) is 1. The molecule has 1 saturated heterocycles. The molecule has 41 heavy (non-hydrogen) atoms. The number of halogens is 2. The summed E-state index contributed by atoms with van der Waals surface area (Å²) in [6.07, 6.45) is 6.75. The Labute approximate surface area is 239 Å². The van der Waals surface area contributed by atoms with E-state index in [2.05, 4.69) is 25.2 Å². The van der Waals surface area contributed by atoms with Crippen LogP contribution < -0.4 is 10.6 Å². The van der Waals surface area contributed by atoms with Gasteiger partial charge in [-0.25, -0.2) is 8.78 Å². The number of nitrogens with two attached hydrogens (primary N) is 1. The first kappa shape index (κ1) is 29.9. The van der Waals surface area contributed by atoms with Gasteiger partial charge >= 0.3 is 0 Å². The van der Waals surface area contributed by atoms with Crippen LogP contribution >= 0.6 is 0 Å². The third-order valence-corrected chi connectivity index (χ3v) is 8.03. The van der Waals surface area contributed by atoms with Gasteiger partial charge in [-0.1, -0.05) is 30.2 Å². The quantitative estimate of drug-likeness (QED) is 0.160. The van der Waals surface area contributed by atoms with Gasteiger partial charge in [-0.05, 0) is 59.7 Å². The molecule has 3 aromatic carbocycles. The van der Waals surface area contributed by atoms with E-state index in [1.807, 2.05) is 0 Å². The van der Waals surface area contributed by atoms with Crippen LogP contribution in [-0.2, 0) is 10.0 Å². The molecule has 0 bridgehead atoms. The van der Waals surface area contributed by atoms with Gasteiger partial charge in [0.15, 0.2) is 0 Å². The molecule has 4 rings (SSSR count). The smallest absolute Gasteiger partial charge is 0.282 e. The number of rotatable bonds is 11. The maximum atomic E-state index is 13.6. The Kier molecular flexibility index (Phi) is 10.2. The zero-order valence-electron chi connectivity index (χ0n) is 22.4. The fraction of sp³-hybridized carbons (Fsp3) is 0.267. The van der Waals surface area contributed by atoms with E-state index in [0.29, 0.717) is 24.4 Å². The largest absolute Gasteiger partial charge is 0.481 e. The summed E-state index contributed by atoms with van der Waals surface area (Å²) in [4.78, 5) is 4.52. The van der Waals surface area contributed by atoms with Crippen molar-refractivity contribution in [3.63, 3.8) is 0 Å². The molecule has 0 radical (unpaired) electrons. The van der Waals surface area contributed by atoms with Crippen molar-refractivity contribution in [1.29, 1.82) is 0 Å². The molecule has 1 heterocycles. The lowest BCUT2D eigenvalue weighted by Gasteiger charge is -2.39. The molecule has 0 aliphatic carbocycles. The molecule has 11 heteroatoms. The van der Waals surface area contributed by atoms with E-state index in [-0.39, 0.29) is 29.2 Å². The van der Waals surface area contributed by atoms with Crippen molar-refractivity contribution in [2.45, 2.75) is 17.4 Å². The normalized spacial score (nSPS) is 15.3. The molecule has 1 fully saturated rings. The van der Waals surface area contributed by atoms with Gasteiger partial charge in [-0.3, -0.25) is 4.90 Å². The van der Waals surface area contributed by atoms with Crippen LogP contribution in [0, 0.1) is 24.0 Å². The Morgan fingerprint density at radius 2 is 1.51 bits per heavy atom. The summed E-state index contributed by atoms with van der Waals surface area (Å²) in [7, 11) is -3.95. The monoisotopic (exact) mass is 579 g/mol. The summed E-state index contributed by atoms with van der Waals surface area (Å²) >= 11 is 0. The average molecular weight is 580 g/mol. The Morgan fingerprint density at radius 1 is 0.951 bits per heavy atom. The van der Waals surface area contributed by atoms with Crippen molar-refractivity contribution >= 4 is 21.9 Å². The van der Waals surface area contributed by atoms with E-state index >= 15 is 0 Å². The van der Waals surface area contributed by atoms with Crippen LogP contribution in [0.2, 0.25) is 0 Å². The van der Waals surface area contributed by atoms with Crippen LogP contribution in [-0.4, -0.2) is 69.5 Å². The fourth-order valence-electron chi connectivity index (χ4n) is 4.61. The van der Waals surface area contributed by atoms with Crippen LogP contribution in [0.25, 0.3) is 0 Å². The van der Waals surface area contributed by atoms with Crippen molar-refractivity contribution in [3.8, 4) is 18.1 Å². The fourth-order valence-corrected chi connectivity index (χ4v) is 5.47. The Morgan fingerprint density at radius 3 is 2.02 bits per heavy atom. The van der Waals surface area contributed by atoms with Gasteiger partial charge in [0.2, 0.25) is 0 Å². The van der Waals surface area contributed by atoms with E-state index in [1.165, 1.54) is 54.7 Å².